The summed E-state index contributed by atoms with van der Waals surface area (Å²) in [5.74, 6) is -1.37. The van der Waals surface area contributed by atoms with E-state index in [0.717, 1.165) is 0 Å². The van der Waals surface area contributed by atoms with Crippen LogP contribution in [0.5, 0.6) is 0 Å². The lowest BCUT2D eigenvalue weighted by Gasteiger charge is -2.43. The van der Waals surface area contributed by atoms with Crippen LogP contribution in [-0.4, -0.2) is 37.8 Å². The lowest BCUT2D eigenvalue weighted by Crippen LogP contribution is -2.54. The molecule has 5 nitrogen and oxygen atoms in total. The van der Waals surface area contributed by atoms with Gasteiger partial charge in [0.1, 0.15) is 11.1 Å². The van der Waals surface area contributed by atoms with Crippen LogP contribution in [0.3, 0.4) is 0 Å². The van der Waals surface area contributed by atoms with Gasteiger partial charge in [-0.3, -0.25) is 9.69 Å². The van der Waals surface area contributed by atoms with Crippen molar-refractivity contribution in [2.45, 2.75) is 17.2 Å². The van der Waals surface area contributed by atoms with Gasteiger partial charge >= 0.3 is 5.97 Å². The highest BCUT2D eigenvalue weighted by molar-refractivity contribution is 8.00. The Hall–Kier alpha value is -1.01. The first-order valence-corrected chi connectivity index (χ1v) is 4.64. The number of aliphatic hydroxyl groups excluding tert-OH is 1. The van der Waals surface area contributed by atoms with Crippen molar-refractivity contribution in [3.05, 3.63) is 11.8 Å². The summed E-state index contributed by atoms with van der Waals surface area (Å²) >= 11 is 1.18. The Morgan fingerprint density at radius 3 is 2.92 bits per heavy atom. The Kier molecular flexibility index (Phi) is 1.81. The van der Waals surface area contributed by atoms with E-state index in [1.807, 2.05) is 0 Å². The first-order valence-electron chi connectivity index (χ1n) is 3.70. The van der Waals surface area contributed by atoms with E-state index in [4.69, 9.17) is 5.11 Å². The molecule has 0 aliphatic carbocycles. The lowest BCUT2D eigenvalue weighted by molar-refractivity contribution is -0.146. The smallest absolute Gasteiger partial charge is 0.352 e. The molecule has 13 heavy (non-hydrogen) atoms. The zero-order chi connectivity index (χ0) is 9.59. The second-order valence-electron chi connectivity index (χ2n) is 2.81. The number of carbonyl (C=O) groups excluding carboxylic acids is 1. The van der Waals surface area contributed by atoms with Crippen molar-refractivity contribution in [1.82, 2.24) is 4.90 Å². The summed E-state index contributed by atoms with van der Waals surface area (Å²) in [6, 6.07) is 0. The summed E-state index contributed by atoms with van der Waals surface area (Å²) in [5, 5.41) is 17.7. The van der Waals surface area contributed by atoms with E-state index < -0.39 is 11.4 Å². The Morgan fingerprint density at radius 1 is 1.69 bits per heavy atom. The minimum absolute atomic E-state index is 0.104. The Balaban J connectivity index is 2.30. The van der Waals surface area contributed by atoms with E-state index in [1.165, 1.54) is 22.7 Å². The fourth-order valence-electron chi connectivity index (χ4n) is 1.38. The van der Waals surface area contributed by atoms with Gasteiger partial charge in [0.2, 0.25) is 5.91 Å². The Bertz CT molecular complexity index is 314. The standard InChI is InChI=1S/C7H7NO4S/c9-4-2-5-8(4)3(7(11)12)1-6(10)13-5/h1,5-6,10H,2H2,(H,11,12)/t5-,6?/m1/s1. The van der Waals surface area contributed by atoms with Crippen molar-refractivity contribution in [3.63, 3.8) is 0 Å². The summed E-state index contributed by atoms with van der Waals surface area (Å²) in [4.78, 5) is 22.9. The highest BCUT2D eigenvalue weighted by atomic mass is 32.2. The summed E-state index contributed by atoms with van der Waals surface area (Å²) in [6.45, 7) is 0. The van der Waals surface area contributed by atoms with Gasteiger partial charge in [0.15, 0.2) is 0 Å². The fourth-order valence-corrected chi connectivity index (χ4v) is 2.50. The van der Waals surface area contributed by atoms with Crippen LogP contribution in [0, 0.1) is 0 Å². The van der Waals surface area contributed by atoms with Crippen LogP contribution in [-0.2, 0) is 9.59 Å². The lowest BCUT2D eigenvalue weighted by atomic mass is 10.1. The SMILES string of the molecule is O=C(O)C1=CC(O)S[C@@H]2CC(=O)N12. The maximum atomic E-state index is 11.0. The second kappa shape index (κ2) is 2.74. The first kappa shape index (κ1) is 8.58. The number of hydrogen-bond acceptors (Lipinski definition) is 4. The molecule has 0 aromatic carbocycles. The number of fused-ring (bicyclic) bond motifs is 1. The molecule has 2 aliphatic rings. The number of carbonyl (C=O) groups is 2. The average Bonchev–Trinajstić information content (AvgIpc) is 2.01. The van der Waals surface area contributed by atoms with Gasteiger partial charge in [-0.15, -0.1) is 11.8 Å². The van der Waals surface area contributed by atoms with Gasteiger partial charge in [-0.05, 0) is 6.08 Å². The number of aliphatic carboxylic acids is 1. The zero-order valence-corrected chi connectivity index (χ0v) is 7.32. The van der Waals surface area contributed by atoms with Crippen molar-refractivity contribution in [3.8, 4) is 0 Å². The number of carboxylic acid groups (broad SMARTS) is 1. The van der Waals surface area contributed by atoms with Crippen molar-refractivity contribution >= 4 is 23.6 Å². The van der Waals surface area contributed by atoms with Gasteiger partial charge in [0.05, 0.1) is 11.8 Å². The molecule has 0 spiro atoms. The van der Waals surface area contributed by atoms with E-state index in [0.29, 0.717) is 6.42 Å². The predicted molar refractivity (Wildman–Crippen MR) is 44.6 cm³/mol. The van der Waals surface area contributed by atoms with E-state index >= 15 is 0 Å². The molecule has 2 N–H and O–H groups in total. The molecule has 1 unspecified atom stereocenters. The van der Waals surface area contributed by atoms with Gasteiger partial charge in [0.25, 0.3) is 0 Å². The van der Waals surface area contributed by atoms with Crippen molar-refractivity contribution in [1.29, 1.82) is 0 Å². The molecule has 0 saturated carbocycles. The molecule has 1 fully saturated rings. The number of β-lactam (4-membered cyclic amide) rings is 1. The molecule has 0 aromatic heterocycles. The van der Waals surface area contributed by atoms with Gasteiger partial charge in [0, 0.05) is 0 Å². The van der Waals surface area contributed by atoms with Gasteiger partial charge in [-0.2, -0.15) is 0 Å². The largest absolute Gasteiger partial charge is 0.477 e. The van der Waals surface area contributed by atoms with Crippen LogP contribution in [0.25, 0.3) is 0 Å². The molecule has 2 rings (SSSR count). The van der Waals surface area contributed by atoms with E-state index in [-0.39, 0.29) is 17.0 Å². The summed E-state index contributed by atoms with van der Waals surface area (Å²) in [7, 11) is 0. The highest BCUT2D eigenvalue weighted by Crippen LogP contribution is 2.39. The number of nitrogens with zero attached hydrogens (tertiary/aromatic N) is 1. The van der Waals surface area contributed by atoms with Crippen LogP contribution in [0.2, 0.25) is 0 Å². The van der Waals surface area contributed by atoms with Crippen molar-refractivity contribution in [2.75, 3.05) is 0 Å². The molecule has 2 heterocycles. The highest BCUT2D eigenvalue weighted by Gasteiger charge is 2.44. The maximum absolute atomic E-state index is 11.0. The summed E-state index contributed by atoms with van der Waals surface area (Å²) in [5.41, 5.74) is -0.923. The maximum Gasteiger partial charge on any atom is 0.352 e. The third-order valence-electron chi connectivity index (χ3n) is 1.98. The third kappa shape index (κ3) is 1.22. The second-order valence-corrected chi connectivity index (χ2v) is 4.11. The van der Waals surface area contributed by atoms with Gasteiger partial charge in [-0.25, -0.2) is 4.79 Å². The fraction of sp³-hybridized carbons (Fsp3) is 0.429. The van der Waals surface area contributed by atoms with Crippen molar-refractivity contribution in [2.24, 2.45) is 0 Å². The molecule has 0 radical (unpaired) electrons. The van der Waals surface area contributed by atoms with Crippen LogP contribution >= 0.6 is 11.8 Å². The average molecular weight is 201 g/mol. The minimum Gasteiger partial charge on any atom is -0.477 e. The molecular formula is C7H7NO4S. The van der Waals surface area contributed by atoms with Gasteiger partial charge < -0.3 is 10.2 Å². The Morgan fingerprint density at radius 2 is 2.38 bits per heavy atom. The summed E-state index contributed by atoms with van der Waals surface area (Å²) in [6.07, 6.45) is 1.49. The Labute approximate surface area is 78.0 Å². The van der Waals surface area contributed by atoms with Crippen LogP contribution in [0.1, 0.15) is 6.42 Å². The number of thioether (sulfide) groups is 1. The number of amides is 1. The molecule has 2 aliphatic heterocycles. The molecule has 6 heteroatoms. The van der Waals surface area contributed by atoms with E-state index in [9.17, 15) is 14.7 Å². The molecule has 0 bridgehead atoms. The number of aliphatic hydroxyl groups is 1. The monoisotopic (exact) mass is 201 g/mol. The summed E-state index contributed by atoms with van der Waals surface area (Å²) < 4.78 is 0. The van der Waals surface area contributed by atoms with Crippen LogP contribution in [0.4, 0.5) is 0 Å². The van der Waals surface area contributed by atoms with E-state index in [1.54, 1.807) is 0 Å². The molecule has 1 saturated heterocycles. The zero-order valence-electron chi connectivity index (χ0n) is 6.51. The normalized spacial score (nSPS) is 31.9. The number of rotatable bonds is 1. The quantitative estimate of drug-likeness (QED) is 0.563. The minimum atomic E-state index is -1.17. The van der Waals surface area contributed by atoms with Crippen LogP contribution < -0.4 is 0 Å². The van der Waals surface area contributed by atoms with Crippen LogP contribution in [0.15, 0.2) is 11.8 Å². The third-order valence-corrected chi connectivity index (χ3v) is 3.09. The first-order chi connectivity index (χ1) is 6.09. The van der Waals surface area contributed by atoms with E-state index in [2.05, 4.69) is 0 Å². The molecule has 0 aromatic rings. The molecular weight excluding hydrogens is 194 g/mol. The molecule has 1 amide bonds. The molecule has 70 valence electrons. The number of carboxylic acids is 1. The predicted octanol–water partition coefficient (Wildman–Crippen LogP) is -0.421. The number of hydrogen-bond donors (Lipinski definition) is 2. The molecule has 2 atom stereocenters. The topological polar surface area (TPSA) is 77.8 Å². The van der Waals surface area contributed by atoms with Gasteiger partial charge in [-0.1, -0.05) is 0 Å². The van der Waals surface area contributed by atoms with Crippen molar-refractivity contribution < 1.29 is 19.8 Å².